The van der Waals surface area contributed by atoms with Gasteiger partial charge in [-0.25, -0.2) is 9.97 Å². The number of pyridine rings is 2. The molecule has 0 unspecified atom stereocenters. The Morgan fingerprint density at radius 1 is 0.250 bits per heavy atom. The summed E-state index contributed by atoms with van der Waals surface area (Å²) >= 11 is 0. The van der Waals surface area contributed by atoms with Crippen molar-refractivity contribution in [3.05, 3.63) is 194 Å². The van der Waals surface area contributed by atoms with Crippen LogP contribution in [0.1, 0.15) is 0 Å². The van der Waals surface area contributed by atoms with E-state index in [-0.39, 0.29) is 0 Å². The molecule has 0 saturated heterocycles. The van der Waals surface area contributed by atoms with E-state index < -0.39 is 0 Å². The number of hydrogen-bond acceptors (Lipinski definition) is 2. The summed E-state index contributed by atoms with van der Waals surface area (Å²) in [6.45, 7) is 0. The molecule has 0 amide bonds. The highest BCUT2D eigenvalue weighted by atomic mass is 14.7. The average Bonchev–Trinajstić information content (AvgIpc) is 3.23. The Bertz CT molecular complexity index is 2800. The second kappa shape index (κ2) is 12.5. The number of nitrogens with zero attached hydrogens (tertiary/aromatic N) is 2. The van der Waals surface area contributed by atoms with Gasteiger partial charge in [0.25, 0.3) is 0 Å². The normalized spacial score (nSPS) is 11.5. The first-order chi connectivity index (χ1) is 25.8. The van der Waals surface area contributed by atoms with Crippen LogP contribution < -0.4 is 0 Å². The van der Waals surface area contributed by atoms with Crippen LogP contribution in [0.2, 0.25) is 0 Å². The molecule has 0 aliphatic heterocycles. The van der Waals surface area contributed by atoms with Crippen LogP contribution in [0.25, 0.3) is 99.2 Å². The van der Waals surface area contributed by atoms with Gasteiger partial charge in [-0.1, -0.05) is 170 Å². The van der Waals surface area contributed by atoms with E-state index in [4.69, 9.17) is 9.97 Å². The summed E-state index contributed by atoms with van der Waals surface area (Å²) in [4.78, 5) is 10.5. The lowest BCUT2D eigenvalue weighted by Gasteiger charge is -2.16. The minimum absolute atomic E-state index is 0.959. The van der Waals surface area contributed by atoms with E-state index in [0.717, 1.165) is 61.0 Å². The van der Waals surface area contributed by atoms with E-state index in [2.05, 4.69) is 182 Å². The number of hydrogen-bond donors (Lipinski definition) is 0. The Morgan fingerprint density at radius 3 is 1.21 bits per heavy atom. The molecule has 242 valence electrons. The van der Waals surface area contributed by atoms with Gasteiger partial charge in [-0.05, 0) is 62.9 Å². The summed E-state index contributed by atoms with van der Waals surface area (Å²) < 4.78 is 0. The highest BCUT2D eigenvalue weighted by Gasteiger charge is 2.16. The molecule has 0 atom stereocenters. The van der Waals surface area contributed by atoms with Crippen LogP contribution in [0.3, 0.4) is 0 Å². The lowest BCUT2D eigenvalue weighted by molar-refractivity contribution is 1.32. The van der Waals surface area contributed by atoms with E-state index in [1.165, 1.54) is 38.2 Å². The molecule has 0 aliphatic carbocycles. The molecule has 8 aromatic carbocycles. The standard InChI is InChI=1S/C50H32N2/c1-3-15-35(16-4-1)46-31-41(32-47(51-46)36-17-5-2-6-18-36)39-21-11-19-37(29-39)38-20-12-22-40(30-38)48-44-27-25-33-13-7-9-23-42(33)49(44)52-50-43-24-10-8-14-34(43)26-28-45(48)50/h1-32H. The quantitative estimate of drug-likeness (QED) is 0.136. The molecule has 0 saturated carbocycles. The van der Waals surface area contributed by atoms with Crippen LogP contribution >= 0.6 is 0 Å². The Labute approximate surface area is 302 Å². The fourth-order valence-corrected chi connectivity index (χ4v) is 7.67. The van der Waals surface area contributed by atoms with Crippen LogP contribution in [-0.2, 0) is 0 Å². The van der Waals surface area contributed by atoms with Crippen molar-refractivity contribution in [1.82, 2.24) is 9.97 Å². The zero-order valence-electron chi connectivity index (χ0n) is 28.4. The van der Waals surface area contributed by atoms with Crippen molar-refractivity contribution in [1.29, 1.82) is 0 Å². The van der Waals surface area contributed by atoms with Crippen LogP contribution in [0.15, 0.2) is 194 Å². The molecule has 2 aromatic heterocycles. The molecule has 0 fully saturated rings. The second-order valence-electron chi connectivity index (χ2n) is 13.4. The summed E-state index contributed by atoms with van der Waals surface area (Å²) in [7, 11) is 0. The van der Waals surface area contributed by atoms with E-state index in [1.807, 2.05) is 12.1 Å². The maximum atomic E-state index is 5.40. The minimum atomic E-state index is 0.959. The SMILES string of the molecule is c1ccc(-c2cc(-c3cccc(-c4cccc(-c5c6ccc7ccccc7c6nc6c5ccc5ccccc56)c4)c3)cc(-c3ccccc3)n2)cc1. The van der Waals surface area contributed by atoms with Crippen LogP contribution in [0, 0.1) is 0 Å². The fraction of sp³-hybridized carbons (Fsp3) is 0. The van der Waals surface area contributed by atoms with Gasteiger partial charge in [0.1, 0.15) is 0 Å². The largest absolute Gasteiger partial charge is 0.248 e. The Morgan fingerprint density at radius 2 is 0.673 bits per heavy atom. The van der Waals surface area contributed by atoms with Crippen molar-refractivity contribution in [2.75, 3.05) is 0 Å². The van der Waals surface area contributed by atoms with Gasteiger partial charge in [0, 0.05) is 38.2 Å². The Balaban J connectivity index is 1.15. The molecule has 0 N–H and O–H groups in total. The first kappa shape index (κ1) is 30.0. The van der Waals surface area contributed by atoms with Gasteiger partial charge in [-0.15, -0.1) is 0 Å². The maximum absolute atomic E-state index is 5.40. The van der Waals surface area contributed by atoms with Gasteiger partial charge >= 0.3 is 0 Å². The third-order valence-electron chi connectivity index (χ3n) is 10.2. The number of rotatable bonds is 5. The lowest BCUT2D eigenvalue weighted by Crippen LogP contribution is -1.92. The van der Waals surface area contributed by atoms with Crippen molar-refractivity contribution >= 4 is 43.4 Å². The molecular formula is C50H32N2. The van der Waals surface area contributed by atoms with Gasteiger partial charge in [0.2, 0.25) is 0 Å². The molecule has 2 heterocycles. The fourth-order valence-electron chi connectivity index (χ4n) is 7.67. The summed E-state index contributed by atoms with van der Waals surface area (Å²) in [5.41, 5.74) is 13.2. The Hall–Kier alpha value is -6.90. The molecular weight excluding hydrogens is 629 g/mol. The summed E-state index contributed by atoms with van der Waals surface area (Å²) in [6.07, 6.45) is 0. The van der Waals surface area contributed by atoms with Crippen LogP contribution in [-0.4, -0.2) is 9.97 Å². The lowest BCUT2D eigenvalue weighted by atomic mass is 9.90. The first-order valence-corrected chi connectivity index (χ1v) is 17.7. The third-order valence-corrected chi connectivity index (χ3v) is 10.2. The maximum Gasteiger partial charge on any atom is 0.0794 e. The molecule has 0 spiro atoms. The van der Waals surface area contributed by atoms with Crippen molar-refractivity contribution in [2.45, 2.75) is 0 Å². The third kappa shape index (κ3) is 5.21. The second-order valence-corrected chi connectivity index (χ2v) is 13.4. The van der Waals surface area contributed by atoms with E-state index in [1.54, 1.807) is 0 Å². The predicted octanol–water partition coefficient (Wildman–Crippen LogP) is 13.4. The number of benzene rings is 8. The zero-order valence-corrected chi connectivity index (χ0v) is 28.4. The number of aromatic nitrogens is 2. The molecule has 10 aromatic rings. The van der Waals surface area contributed by atoms with Crippen LogP contribution in [0.5, 0.6) is 0 Å². The van der Waals surface area contributed by atoms with Gasteiger partial charge < -0.3 is 0 Å². The van der Waals surface area contributed by atoms with Crippen LogP contribution in [0.4, 0.5) is 0 Å². The van der Waals surface area contributed by atoms with E-state index in [0.29, 0.717) is 0 Å². The summed E-state index contributed by atoms with van der Waals surface area (Å²) in [6, 6.07) is 69.3. The molecule has 2 nitrogen and oxygen atoms in total. The van der Waals surface area contributed by atoms with Gasteiger partial charge in [-0.3, -0.25) is 0 Å². The smallest absolute Gasteiger partial charge is 0.0794 e. The molecule has 0 radical (unpaired) electrons. The van der Waals surface area contributed by atoms with Crippen molar-refractivity contribution in [2.24, 2.45) is 0 Å². The minimum Gasteiger partial charge on any atom is -0.248 e. The van der Waals surface area contributed by atoms with Crippen molar-refractivity contribution in [3.8, 4) is 55.9 Å². The van der Waals surface area contributed by atoms with E-state index >= 15 is 0 Å². The van der Waals surface area contributed by atoms with Gasteiger partial charge in [0.15, 0.2) is 0 Å². The molecule has 10 rings (SSSR count). The summed E-state index contributed by atoms with van der Waals surface area (Å²) in [5, 5.41) is 7.04. The predicted molar refractivity (Wildman–Crippen MR) is 219 cm³/mol. The number of fused-ring (bicyclic) bond motifs is 6. The zero-order chi connectivity index (χ0) is 34.4. The average molecular weight is 661 g/mol. The van der Waals surface area contributed by atoms with E-state index in [9.17, 15) is 0 Å². The summed E-state index contributed by atoms with van der Waals surface area (Å²) in [5.74, 6) is 0. The highest BCUT2D eigenvalue weighted by Crippen LogP contribution is 2.41. The van der Waals surface area contributed by atoms with Gasteiger partial charge in [0.05, 0.1) is 22.4 Å². The van der Waals surface area contributed by atoms with Gasteiger partial charge in [-0.2, -0.15) is 0 Å². The topological polar surface area (TPSA) is 25.8 Å². The monoisotopic (exact) mass is 660 g/mol. The van der Waals surface area contributed by atoms with Crippen molar-refractivity contribution < 1.29 is 0 Å². The molecule has 0 bridgehead atoms. The molecule has 0 aliphatic rings. The highest BCUT2D eigenvalue weighted by molar-refractivity contribution is 6.21. The first-order valence-electron chi connectivity index (χ1n) is 17.7. The molecule has 2 heteroatoms. The Kier molecular flexibility index (Phi) is 7.18. The van der Waals surface area contributed by atoms with Crippen molar-refractivity contribution in [3.63, 3.8) is 0 Å². The molecule has 52 heavy (non-hydrogen) atoms.